The maximum absolute atomic E-state index is 12.0. The van der Waals surface area contributed by atoms with E-state index in [0.717, 1.165) is 29.0 Å². The van der Waals surface area contributed by atoms with E-state index in [2.05, 4.69) is 0 Å². The Bertz CT molecular complexity index is 777. The smallest absolute Gasteiger partial charge is 0.219 e. The van der Waals surface area contributed by atoms with Gasteiger partial charge in [0, 0.05) is 25.5 Å². The van der Waals surface area contributed by atoms with Gasteiger partial charge < -0.3 is 19.1 Å². The summed E-state index contributed by atoms with van der Waals surface area (Å²) in [5.41, 5.74) is 2.08. The minimum Gasteiger partial charge on any atom is -0.493 e. The lowest BCUT2D eigenvalue weighted by molar-refractivity contribution is -0.144. The molecule has 0 aliphatic carbocycles. The minimum absolute atomic E-state index is 0.00636. The number of rotatable bonds is 3. The molecular formula is C21H23NO4. The monoisotopic (exact) mass is 353 g/mol. The fraction of sp³-hybridized carbons (Fsp3) is 0.381. The van der Waals surface area contributed by atoms with Crippen LogP contribution < -0.4 is 9.47 Å². The first kappa shape index (κ1) is 16.9. The third kappa shape index (κ3) is 3.40. The van der Waals surface area contributed by atoms with Gasteiger partial charge in [-0.3, -0.25) is 4.79 Å². The first-order valence-electron chi connectivity index (χ1n) is 9.04. The third-order valence-electron chi connectivity index (χ3n) is 4.99. The summed E-state index contributed by atoms with van der Waals surface area (Å²) in [4.78, 5) is 13.9. The van der Waals surface area contributed by atoms with Gasteiger partial charge in [-0.15, -0.1) is 0 Å². The van der Waals surface area contributed by atoms with Crippen molar-refractivity contribution in [1.29, 1.82) is 0 Å². The zero-order valence-corrected chi connectivity index (χ0v) is 14.9. The SMILES string of the molecule is CC(=O)N1CCO[C@H]2c3cc(OCc4ccccc4)ccc3OCC[C@@H]21. The lowest BCUT2D eigenvalue weighted by Crippen LogP contribution is -2.49. The molecule has 5 heteroatoms. The zero-order valence-electron chi connectivity index (χ0n) is 14.9. The van der Waals surface area contributed by atoms with Crippen molar-refractivity contribution in [2.45, 2.75) is 32.1 Å². The van der Waals surface area contributed by atoms with Crippen LogP contribution in [-0.4, -0.2) is 36.6 Å². The molecule has 1 amide bonds. The van der Waals surface area contributed by atoms with Crippen LogP contribution in [-0.2, 0) is 16.1 Å². The Morgan fingerprint density at radius 3 is 2.85 bits per heavy atom. The van der Waals surface area contributed by atoms with Gasteiger partial charge in [0.05, 0.1) is 19.3 Å². The molecule has 2 atom stereocenters. The predicted molar refractivity (Wildman–Crippen MR) is 97.2 cm³/mol. The summed E-state index contributed by atoms with van der Waals surface area (Å²) in [6, 6.07) is 15.9. The van der Waals surface area contributed by atoms with Crippen molar-refractivity contribution >= 4 is 5.91 Å². The molecule has 0 bridgehead atoms. The van der Waals surface area contributed by atoms with E-state index in [1.165, 1.54) is 0 Å². The molecule has 5 nitrogen and oxygen atoms in total. The van der Waals surface area contributed by atoms with Crippen LogP contribution in [0.1, 0.15) is 30.6 Å². The number of ether oxygens (including phenoxy) is 3. The molecule has 0 aromatic heterocycles. The maximum Gasteiger partial charge on any atom is 0.219 e. The number of nitrogens with zero attached hydrogens (tertiary/aromatic N) is 1. The van der Waals surface area contributed by atoms with Gasteiger partial charge in [-0.25, -0.2) is 0 Å². The number of carbonyl (C=O) groups is 1. The van der Waals surface area contributed by atoms with E-state index < -0.39 is 0 Å². The van der Waals surface area contributed by atoms with Gasteiger partial charge in [0.25, 0.3) is 0 Å². The molecule has 26 heavy (non-hydrogen) atoms. The number of carbonyl (C=O) groups excluding carboxylic acids is 1. The number of amides is 1. The molecule has 4 rings (SSSR count). The highest BCUT2D eigenvalue weighted by Gasteiger charge is 2.38. The zero-order chi connectivity index (χ0) is 17.9. The highest BCUT2D eigenvalue weighted by atomic mass is 16.5. The van der Waals surface area contributed by atoms with E-state index in [-0.39, 0.29) is 18.1 Å². The molecular weight excluding hydrogens is 330 g/mol. The van der Waals surface area contributed by atoms with Gasteiger partial charge in [-0.2, -0.15) is 0 Å². The first-order valence-corrected chi connectivity index (χ1v) is 9.04. The van der Waals surface area contributed by atoms with Crippen molar-refractivity contribution < 1.29 is 19.0 Å². The molecule has 2 aliphatic rings. The summed E-state index contributed by atoms with van der Waals surface area (Å²) in [6.07, 6.45) is 0.587. The van der Waals surface area contributed by atoms with Crippen molar-refractivity contribution in [2.24, 2.45) is 0 Å². The van der Waals surface area contributed by atoms with Crippen LogP contribution in [0.3, 0.4) is 0 Å². The lowest BCUT2D eigenvalue weighted by atomic mass is 9.96. The normalized spacial score (nSPS) is 21.8. The summed E-state index contributed by atoms with van der Waals surface area (Å²) in [5, 5.41) is 0. The standard InChI is InChI=1S/C21H23NO4/c1-15(23)22-10-12-25-21-18-13-17(26-14-16-5-3-2-4-6-16)7-8-20(18)24-11-9-19(21)22/h2-8,13,19,21H,9-12,14H2,1H3/t19-,21-/m0/s1. The Morgan fingerprint density at radius 2 is 2.04 bits per heavy atom. The number of benzene rings is 2. The van der Waals surface area contributed by atoms with Crippen molar-refractivity contribution in [3.63, 3.8) is 0 Å². The van der Waals surface area contributed by atoms with E-state index in [0.29, 0.717) is 26.4 Å². The lowest BCUT2D eigenvalue weighted by Gasteiger charge is -2.40. The van der Waals surface area contributed by atoms with Gasteiger partial charge in [-0.05, 0) is 23.8 Å². The highest BCUT2D eigenvalue weighted by molar-refractivity contribution is 5.74. The summed E-state index contributed by atoms with van der Waals surface area (Å²) in [7, 11) is 0. The topological polar surface area (TPSA) is 48.0 Å². The van der Waals surface area contributed by atoms with E-state index in [1.807, 2.05) is 53.4 Å². The summed E-state index contributed by atoms with van der Waals surface area (Å²) in [6.45, 7) is 3.88. The molecule has 2 heterocycles. The molecule has 2 aliphatic heterocycles. The Balaban J connectivity index is 1.58. The molecule has 2 aromatic carbocycles. The van der Waals surface area contributed by atoms with E-state index >= 15 is 0 Å². The van der Waals surface area contributed by atoms with Gasteiger partial charge in [0.1, 0.15) is 24.2 Å². The molecule has 2 aromatic rings. The number of hydrogen-bond donors (Lipinski definition) is 0. The second kappa shape index (κ2) is 7.38. The molecule has 0 unspecified atom stereocenters. The minimum atomic E-state index is -0.176. The quantitative estimate of drug-likeness (QED) is 0.849. The average Bonchev–Trinajstić information content (AvgIpc) is 2.86. The van der Waals surface area contributed by atoms with E-state index in [1.54, 1.807) is 6.92 Å². The largest absolute Gasteiger partial charge is 0.493 e. The van der Waals surface area contributed by atoms with Gasteiger partial charge in [0.15, 0.2) is 0 Å². The first-order chi connectivity index (χ1) is 12.7. The van der Waals surface area contributed by atoms with Crippen LogP contribution in [0, 0.1) is 0 Å². The Kier molecular flexibility index (Phi) is 4.80. The van der Waals surface area contributed by atoms with E-state index in [9.17, 15) is 4.79 Å². The molecule has 0 saturated carbocycles. The number of fused-ring (bicyclic) bond motifs is 3. The van der Waals surface area contributed by atoms with Crippen LogP contribution in [0.2, 0.25) is 0 Å². The van der Waals surface area contributed by atoms with Crippen molar-refractivity contribution in [3.05, 3.63) is 59.7 Å². The third-order valence-corrected chi connectivity index (χ3v) is 4.99. The molecule has 136 valence electrons. The molecule has 1 fully saturated rings. The fourth-order valence-corrected chi connectivity index (χ4v) is 3.71. The summed E-state index contributed by atoms with van der Waals surface area (Å²) in [5.74, 6) is 1.68. The van der Waals surface area contributed by atoms with Crippen molar-refractivity contribution in [3.8, 4) is 11.5 Å². The van der Waals surface area contributed by atoms with Gasteiger partial charge >= 0.3 is 0 Å². The van der Waals surface area contributed by atoms with Crippen LogP contribution in [0.15, 0.2) is 48.5 Å². The van der Waals surface area contributed by atoms with Crippen molar-refractivity contribution in [1.82, 2.24) is 4.90 Å². The van der Waals surface area contributed by atoms with Gasteiger partial charge in [-0.1, -0.05) is 30.3 Å². The van der Waals surface area contributed by atoms with Crippen LogP contribution in [0.5, 0.6) is 11.5 Å². The summed E-state index contributed by atoms with van der Waals surface area (Å²) >= 11 is 0. The second-order valence-electron chi connectivity index (χ2n) is 6.68. The van der Waals surface area contributed by atoms with E-state index in [4.69, 9.17) is 14.2 Å². The number of hydrogen-bond acceptors (Lipinski definition) is 4. The molecule has 1 saturated heterocycles. The Labute approximate surface area is 153 Å². The van der Waals surface area contributed by atoms with Crippen LogP contribution in [0.25, 0.3) is 0 Å². The number of morpholine rings is 1. The molecule has 0 radical (unpaired) electrons. The van der Waals surface area contributed by atoms with Crippen LogP contribution >= 0.6 is 0 Å². The van der Waals surface area contributed by atoms with Crippen LogP contribution in [0.4, 0.5) is 0 Å². The predicted octanol–water partition coefficient (Wildman–Crippen LogP) is 3.34. The highest BCUT2D eigenvalue weighted by Crippen LogP contribution is 2.40. The molecule has 0 N–H and O–H groups in total. The Hall–Kier alpha value is -2.53. The van der Waals surface area contributed by atoms with Gasteiger partial charge in [0.2, 0.25) is 5.91 Å². The Morgan fingerprint density at radius 1 is 1.19 bits per heavy atom. The summed E-state index contributed by atoms with van der Waals surface area (Å²) < 4.78 is 17.9. The van der Waals surface area contributed by atoms with Crippen molar-refractivity contribution in [2.75, 3.05) is 19.8 Å². The maximum atomic E-state index is 12.0. The average molecular weight is 353 g/mol. The second-order valence-corrected chi connectivity index (χ2v) is 6.68. The molecule has 0 spiro atoms. The fourth-order valence-electron chi connectivity index (χ4n) is 3.71.